The number of amides is 2. The molecule has 2 aromatic carbocycles. The molecule has 0 aliphatic carbocycles. The number of aromatic nitrogens is 2. The lowest BCUT2D eigenvalue weighted by Gasteiger charge is -2.14. The number of aryl methyl sites for hydroxylation is 2. The first-order valence-electron chi connectivity index (χ1n) is 12.1. The number of carbonyl (C=O) groups is 2. The lowest BCUT2D eigenvalue weighted by atomic mass is 10.0. The SMILES string of the molecule is CCCNc1nc(Nc2ccc(C(N)=O)cc2)ncc1CCc1cccc(NC(=O)[C@H](C)CC)c1. The predicted octanol–water partition coefficient (Wildman–Crippen LogP) is 4.91. The Bertz CT molecular complexity index is 1150. The number of rotatable bonds is 12. The van der Waals surface area contributed by atoms with Crippen LogP contribution in [0.4, 0.5) is 23.1 Å². The molecule has 184 valence electrons. The lowest BCUT2D eigenvalue weighted by molar-refractivity contribution is -0.119. The van der Waals surface area contributed by atoms with Gasteiger partial charge in [-0.3, -0.25) is 9.59 Å². The molecule has 1 heterocycles. The number of hydrogen-bond donors (Lipinski definition) is 4. The Morgan fingerprint density at radius 1 is 1.03 bits per heavy atom. The summed E-state index contributed by atoms with van der Waals surface area (Å²) in [5, 5.41) is 9.57. The summed E-state index contributed by atoms with van der Waals surface area (Å²) in [5.41, 5.74) is 9.48. The molecule has 0 bridgehead atoms. The van der Waals surface area contributed by atoms with Gasteiger partial charge in [0.05, 0.1) is 0 Å². The highest BCUT2D eigenvalue weighted by Crippen LogP contribution is 2.21. The van der Waals surface area contributed by atoms with Crippen LogP contribution in [0.2, 0.25) is 0 Å². The molecule has 0 unspecified atom stereocenters. The van der Waals surface area contributed by atoms with E-state index in [0.29, 0.717) is 11.5 Å². The minimum Gasteiger partial charge on any atom is -0.370 e. The molecule has 0 spiro atoms. The Balaban J connectivity index is 1.70. The van der Waals surface area contributed by atoms with Gasteiger partial charge in [-0.05, 0) is 67.6 Å². The number of nitrogens with one attached hydrogen (secondary N) is 3. The first-order chi connectivity index (χ1) is 16.9. The number of nitrogens with zero attached hydrogens (tertiary/aromatic N) is 2. The molecular formula is C27H34N6O2. The molecular weight excluding hydrogens is 440 g/mol. The fourth-order valence-corrected chi connectivity index (χ4v) is 3.43. The van der Waals surface area contributed by atoms with E-state index >= 15 is 0 Å². The number of nitrogens with two attached hydrogens (primary N) is 1. The van der Waals surface area contributed by atoms with E-state index in [1.165, 1.54) is 0 Å². The molecule has 0 radical (unpaired) electrons. The van der Waals surface area contributed by atoms with Gasteiger partial charge in [-0.2, -0.15) is 4.98 Å². The zero-order chi connectivity index (χ0) is 25.2. The third-order valence-corrected chi connectivity index (χ3v) is 5.77. The fourth-order valence-electron chi connectivity index (χ4n) is 3.43. The molecule has 8 nitrogen and oxygen atoms in total. The summed E-state index contributed by atoms with van der Waals surface area (Å²) < 4.78 is 0. The van der Waals surface area contributed by atoms with Crippen molar-refractivity contribution in [1.82, 2.24) is 9.97 Å². The average Bonchev–Trinajstić information content (AvgIpc) is 2.86. The number of carbonyl (C=O) groups excluding carboxylic acids is 2. The van der Waals surface area contributed by atoms with E-state index in [2.05, 4.69) is 38.9 Å². The van der Waals surface area contributed by atoms with Crippen LogP contribution in [0.25, 0.3) is 0 Å². The van der Waals surface area contributed by atoms with Gasteiger partial charge >= 0.3 is 0 Å². The molecule has 3 aromatic rings. The maximum atomic E-state index is 12.2. The van der Waals surface area contributed by atoms with Crippen LogP contribution in [0.5, 0.6) is 0 Å². The third kappa shape index (κ3) is 7.53. The van der Waals surface area contributed by atoms with Gasteiger partial charge in [-0.1, -0.05) is 32.9 Å². The maximum Gasteiger partial charge on any atom is 0.248 e. The highest BCUT2D eigenvalue weighted by molar-refractivity contribution is 5.93. The Kier molecular flexibility index (Phi) is 9.17. The van der Waals surface area contributed by atoms with Crippen molar-refractivity contribution in [3.8, 4) is 0 Å². The Morgan fingerprint density at radius 2 is 1.80 bits per heavy atom. The van der Waals surface area contributed by atoms with Crippen LogP contribution in [0.1, 0.15) is 55.1 Å². The first-order valence-corrected chi connectivity index (χ1v) is 12.1. The van der Waals surface area contributed by atoms with Crippen LogP contribution in [-0.2, 0) is 17.6 Å². The topological polar surface area (TPSA) is 122 Å². The Morgan fingerprint density at radius 3 is 2.49 bits per heavy atom. The van der Waals surface area contributed by atoms with Crippen molar-refractivity contribution in [2.24, 2.45) is 11.7 Å². The summed E-state index contributed by atoms with van der Waals surface area (Å²) in [6.45, 7) is 6.84. The van der Waals surface area contributed by atoms with E-state index in [4.69, 9.17) is 5.73 Å². The molecule has 8 heteroatoms. The van der Waals surface area contributed by atoms with Crippen molar-refractivity contribution in [3.63, 3.8) is 0 Å². The second kappa shape index (κ2) is 12.5. The summed E-state index contributed by atoms with van der Waals surface area (Å²) in [6.07, 6.45) is 5.15. The number of hydrogen-bond acceptors (Lipinski definition) is 6. The summed E-state index contributed by atoms with van der Waals surface area (Å²) in [7, 11) is 0. The Labute approximate surface area is 206 Å². The summed E-state index contributed by atoms with van der Waals surface area (Å²) >= 11 is 0. The number of benzene rings is 2. The predicted molar refractivity (Wildman–Crippen MR) is 141 cm³/mol. The number of anilines is 4. The first kappa shape index (κ1) is 25.7. The highest BCUT2D eigenvalue weighted by atomic mass is 16.2. The van der Waals surface area contributed by atoms with Gasteiger partial charge in [0, 0.05) is 41.2 Å². The van der Waals surface area contributed by atoms with E-state index in [9.17, 15) is 9.59 Å². The summed E-state index contributed by atoms with van der Waals surface area (Å²) in [4.78, 5) is 32.7. The monoisotopic (exact) mass is 474 g/mol. The van der Waals surface area contributed by atoms with Gasteiger partial charge in [0.2, 0.25) is 17.8 Å². The van der Waals surface area contributed by atoms with Crippen molar-refractivity contribution >= 4 is 35.0 Å². The van der Waals surface area contributed by atoms with Crippen LogP contribution in [0.3, 0.4) is 0 Å². The van der Waals surface area contributed by atoms with Crippen LogP contribution >= 0.6 is 0 Å². The van der Waals surface area contributed by atoms with E-state index in [-0.39, 0.29) is 11.8 Å². The smallest absolute Gasteiger partial charge is 0.248 e. The second-order valence-corrected chi connectivity index (χ2v) is 8.56. The van der Waals surface area contributed by atoms with Crippen molar-refractivity contribution in [1.29, 1.82) is 0 Å². The van der Waals surface area contributed by atoms with E-state index < -0.39 is 5.91 Å². The molecule has 5 N–H and O–H groups in total. The third-order valence-electron chi connectivity index (χ3n) is 5.77. The van der Waals surface area contributed by atoms with E-state index in [0.717, 1.165) is 60.5 Å². The zero-order valence-electron chi connectivity index (χ0n) is 20.6. The maximum absolute atomic E-state index is 12.2. The normalized spacial score (nSPS) is 11.5. The molecule has 35 heavy (non-hydrogen) atoms. The van der Waals surface area contributed by atoms with Crippen LogP contribution in [0, 0.1) is 5.92 Å². The number of primary amides is 1. The zero-order valence-corrected chi connectivity index (χ0v) is 20.6. The molecule has 1 atom stereocenters. The standard InChI is InChI=1S/C27H34N6O2/c1-4-15-29-25-21(10-9-19-7-6-8-23(16-19)31-26(35)18(3)5-2)17-30-27(33-25)32-22-13-11-20(12-14-22)24(28)34/h6-8,11-14,16-18H,4-5,9-10,15H2,1-3H3,(H2,28,34)(H,31,35)(H2,29,30,32,33)/t18-/m1/s1. The summed E-state index contributed by atoms with van der Waals surface area (Å²) in [5.74, 6) is 0.813. The quantitative estimate of drug-likeness (QED) is 0.296. The van der Waals surface area contributed by atoms with Crippen molar-refractivity contribution in [2.45, 2.75) is 46.5 Å². The lowest BCUT2D eigenvalue weighted by Crippen LogP contribution is -2.19. The van der Waals surface area contributed by atoms with E-state index in [1.54, 1.807) is 24.3 Å². The molecule has 0 aliphatic heterocycles. The summed E-state index contributed by atoms with van der Waals surface area (Å²) in [6, 6.07) is 14.8. The van der Waals surface area contributed by atoms with Crippen LogP contribution in [-0.4, -0.2) is 28.3 Å². The molecule has 0 saturated carbocycles. The van der Waals surface area contributed by atoms with Crippen molar-refractivity contribution in [3.05, 3.63) is 71.4 Å². The van der Waals surface area contributed by atoms with Gasteiger partial charge in [-0.15, -0.1) is 0 Å². The van der Waals surface area contributed by atoms with Crippen molar-refractivity contribution < 1.29 is 9.59 Å². The van der Waals surface area contributed by atoms with Gasteiger partial charge < -0.3 is 21.7 Å². The van der Waals surface area contributed by atoms with Gasteiger partial charge in [0.1, 0.15) is 5.82 Å². The Hall–Kier alpha value is -3.94. The van der Waals surface area contributed by atoms with Gasteiger partial charge in [0.15, 0.2) is 0 Å². The average molecular weight is 475 g/mol. The highest BCUT2D eigenvalue weighted by Gasteiger charge is 2.12. The van der Waals surface area contributed by atoms with Crippen LogP contribution < -0.4 is 21.7 Å². The molecule has 1 aromatic heterocycles. The molecule has 3 rings (SSSR count). The molecule has 0 aliphatic rings. The van der Waals surface area contributed by atoms with Gasteiger partial charge in [-0.25, -0.2) is 4.98 Å². The largest absolute Gasteiger partial charge is 0.370 e. The molecule has 0 saturated heterocycles. The van der Waals surface area contributed by atoms with Crippen molar-refractivity contribution in [2.75, 3.05) is 22.5 Å². The molecule has 2 amide bonds. The minimum atomic E-state index is -0.466. The van der Waals surface area contributed by atoms with E-state index in [1.807, 2.05) is 38.2 Å². The van der Waals surface area contributed by atoms with Gasteiger partial charge in [0.25, 0.3) is 0 Å². The minimum absolute atomic E-state index is 0.0174. The molecule has 0 fully saturated rings. The second-order valence-electron chi connectivity index (χ2n) is 8.56. The fraction of sp³-hybridized carbons (Fsp3) is 0.333. The van der Waals surface area contributed by atoms with Crippen LogP contribution in [0.15, 0.2) is 54.7 Å².